The fraction of sp³-hybridized carbons (Fsp3) is 0.238. The molecule has 5 rings (SSSR count). The summed E-state index contributed by atoms with van der Waals surface area (Å²) < 4.78 is 26.1. The topological polar surface area (TPSA) is 98.2 Å². The number of halogens is 1. The zero-order valence-electron chi connectivity index (χ0n) is 16.7. The minimum Gasteiger partial charge on any atom is -0.494 e. The smallest absolute Gasteiger partial charge is 0.273 e. The van der Waals surface area contributed by atoms with Crippen molar-refractivity contribution < 1.29 is 13.9 Å². The molecule has 31 heavy (non-hydrogen) atoms. The molecule has 1 aromatic carbocycles. The molecule has 4 aromatic rings. The second kappa shape index (κ2) is 7.80. The number of anilines is 1. The molecule has 10 heteroatoms. The standard InChI is InChI=1S/C21H19FN6O3/c1-30-16-4-2-3-14(22)21(16)28-18(29)11-15-20(26-28)19(25-24-15)13-5-6-17(23-12-13)27-7-9-31-10-8-27/h2-6,11-12,24H,7-10H2,1H3. The third-order valence-corrected chi connectivity index (χ3v) is 5.18. The number of para-hydroxylation sites is 1. The fourth-order valence-electron chi connectivity index (χ4n) is 3.62. The first-order valence-electron chi connectivity index (χ1n) is 9.76. The van der Waals surface area contributed by atoms with Crippen LogP contribution in [0.2, 0.25) is 0 Å². The Bertz CT molecular complexity index is 1290. The third kappa shape index (κ3) is 3.40. The van der Waals surface area contributed by atoms with Crippen molar-refractivity contribution in [2.45, 2.75) is 0 Å². The summed E-state index contributed by atoms with van der Waals surface area (Å²) in [6.45, 7) is 2.93. The van der Waals surface area contributed by atoms with Gasteiger partial charge < -0.3 is 14.4 Å². The van der Waals surface area contributed by atoms with Crippen LogP contribution in [-0.2, 0) is 4.74 Å². The highest BCUT2D eigenvalue weighted by Crippen LogP contribution is 2.27. The van der Waals surface area contributed by atoms with Gasteiger partial charge in [-0.05, 0) is 24.3 Å². The molecule has 3 aromatic heterocycles. The quantitative estimate of drug-likeness (QED) is 0.538. The summed E-state index contributed by atoms with van der Waals surface area (Å²) in [5.74, 6) is 0.443. The van der Waals surface area contributed by atoms with Crippen molar-refractivity contribution >= 4 is 16.9 Å². The number of nitrogens with zero attached hydrogens (tertiary/aromatic N) is 5. The lowest BCUT2D eigenvalue weighted by Gasteiger charge is -2.27. The van der Waals surface area contributed by atoms with Gasteiger partial charge in [-0.2, -0.15) is 14.9 Å². The maximum Gasteiger partial charge on any atom is 0.273 e. The molecular formula is C21H19FN6O3. The van der Waals surface area contributed by atoms with Crippen molar-refractivity contribution in [3.8, 4) is 22.7 Å². The predicted octanol–water partition coefficient (Wildman–Crippen LogP) is 2.16. The van der Waals surface area contributed by atoms with Crippen molar-refractivity contribution in [3.05, 3.63) is 58.8 Å². The normalized spacial score (nSPS) is 14.2. The molecule has 1 aliphatic heterocycles. The molecule has 0 amide bonds. The summed E-state index contributed by atoms with van der Waals surface area (Å²) in [4.78, 5) is 19.3. The Labute approximate surface area is 176 Å². The molecule has 1 aliphatic rings. The lowest BCUT2D eigenvalue weighted by Crippen LogP contribution is -2.36. The number of nitrogens with one attached hydrogen (secondary N) is 1. The second-order valence-electron chi connectivity index (χ2n) is 7.02. The molecule has 9 nitrogen and oxygen atoms in total. The summed E-state index contributed by atoms with van der Waals surface area (Å²) in [5.41, 5.74) is 1.55. The molecule has 1 fully saturated rings. The van der Waals surface area contributed by atoms with Gasteiger partial charge in [0.25, 0.3) is 5.56 Å². The van der Waals surface area contributed by atoms with Crippen molar-refractivity contribution in [1.29, 1.82) is 0 Å². The first-order chi connectivity index (χ1) is 15.2. The van der Waals surface area contributed by atoms with E-state index in [1.807, 2.05) is 12.1 Å². The van der Waals surface area contributed by atoms with E-state index in [1.54, 1.807) is 12.3 Å². The van der Waals surface area contributed by atoms with Gasteiger partial charge in [0.15, 0.2) is 5.82 Å². The van der Waals surface area contributed by atoms with E-state index >= 15 is 0 Å². The van der Waals surface area contributed by atoms with E-state index in [9.17, 15) is 9.18 Å². The Morgan fingerprint density at radius 3 is 2.77 bits per heavy atom. The molecule has 1 saturated heterocycles. The van der Waals surface area contributed by atoms with Crippen LogP contribution in [0.5, 0.6) is 5.75 Å². The molecular weight excluding hydrogens is 403 g/mol. The van der Waals surface area contributed by atoms with Crippen LogP contribution in [0.15, 0.2) is 47.4 Å². The highest BCUT2D eigenvalue weighted by atomic mass is 19.1. The fourth-order valence-corrected chi connectivity index (χ4v) is 3.62. The largest absolute Gasteiger partial charge is 0.494 e. The minimum atomic E-state index is -0.616. The van der Waals surface area contributed by atoms with Crippen molar-refractivity contribution in [2.75, 3.05) is 38.3 Å². The Morgan fingerprint density at radius 2 is 2.03 bits per heavy atom. The monoisotopic (exact) mass is 422 g/mol. The van der Waals surface area contributed by atoms with Gasteiger partial charge in [0, 0.05) is 30.9 Å². The van der Waals surface area contributed by atoms with Crippen LogP contribution in [0.3, 0.4) is 0 Å². The van der Waals surface area contributed by atoms with E-state index in [1.165, 1.54) is 25.3 Å². The van der Waals surface area contributed by atoms with Crippen LogP contribution < -0.4 is 15.2 Å². The predicted molar refractivity (Wildman–Crippen MR) is 112 cm³/mol. The van der Waals surface area contributed by atoms with Crippen LogP contribution in [0.4, 0.5) is 10.2 Å². The molecule has 0 unspecified atom stereocenters. The summed E-state index contributed by atoms with van der Waals surface area (Å²) >= 11 is 0. The molecule has 0 radical (unpaired) electrons. The molecule has 0 spiro atoms. The van der Waals surface area contributed by atoms with Crippen molar-refractivity contribution in [1.82, 2.24) is 25.0 Å². The van der Waals surface area contributed by atoms with Crippen LogP contribution in [-0.4, -0.2) is 58.4 Å². The Hall–Kier alpha value is -3.79. The maximum atomic E-state index is 14.5. The zero-order chi connectivity index (χ0) is 21.4. The number of hydrogen-bond acceptors (Lipinski definition) is 7. The number of benzene rings is 1. The van der Waals surface area contributed by atoms with Gasteiger partial charge in [0.2, 0.25) is 0 Å². The van der Waals surface area contributed by atoms with E-state index in [2.05, 4.69) is 25.2 Å². The molecule has 0 aliphatic carbocycles. The number of aromatic nitrogens is 5. The SMILES string of the molecule is COc1cccc(F)c1-n1nc2c(-c3ccc(N4CCOCC4)nc3)n[nH]c2cc1=O. The van der Waals surface area contributed by atoms with Crippen LogP contribution in [0.25, 0.3) is 28.0 Å². The van der Waals surface area contributed by atoms with E-state index in [0.717, 1.165) is 29.2 Å². The summed E-state index contributed by atoms with van der Waals surface area (Å²) in [5, 5.41) is 11.5. The van der Waals surface area contributed by atoms with Gasteiger partial charge in [-0.25, -0.2) is 9.37 Å². The molecule has 4 heterocycles. The highest BCUT2D eigenvalue weighted by molar-refractivity contribution is 5.89. The van der Waals surface area contributed by atoms with Crippen LogP contribution in [0.1, 0.15) is 0 Å². The van der Waals surface area contributed by atoms with Crippen molar-refractivity contribution in [2.24, 2.45) is 0 Å². The Kier molecular flexibility index (Phi) is 4.83. The van der Waals surface area contributed by atoms with Gasteiger partial charge in [0.05, 0.1) is 25.8 Å². The number of fused-ring (bicyclic) bond motifs is 1. The molecule has 0 atom stereocenters. The summed E-state index contributed by atoms with van der Waals surface area (Å²) in [6.07, 6.45) is 1.71. The van der Waals surface area contributed by atoms with Crippen molar-refractivity contribution in [3.63, 3.8) is 0 Å². The van der Waals surface area contributed by atoms with Crippen LogP contribution >= 0.6 is 0 Å². The van der Waals surface area contributed by atoms with Crippen LogP contribution in [0, 0.1) is 5.82 Å². The van der Waals surface area contributed by atoms with E-state index in [-0.39, 0.29) is 11.4 Å². The molecule has 0 saturated carbocycles. The number of hydrogen-bond donors (Lipinski definition) is 1. The number of pyridine rings is 1. The third-order valence-electron chi connectivity index (χ3n) is 5.18. The average Bonchev–Trinajstić information content (AvgIpc) is 3.21. The first kappa shape index (κ1) is 19.2. The van der Waals surface area contributed by atoms with Gasteiger partial charge in [-0.1, -0.05) is 6.07 Å². The van der Waals surface area contributed by atoms with Gasteiger partial charge >= 0.3 is 0 Å². The molecule has 0 bridgehead atoms. The summed E-state index contributed by atoms with van der Waals surface area (Å²) in [7, 11) is 1.41. The average molecular weight is 422 g/mol. The lowest BCUT2D eigenvalue weighted by molar-refractivity contribution is 0.122. The summed E-state index contributed by atoms with van der Waals surface area (Å²) in [6, 6.07) is 9.47. The van der Waals surface area contributed by atoms with Gasteiger partial charge in [-0.3, -0.25) is 9.89 Å². The number of ether oxygens (including phenoxy) is 2. The van der Waals surface area contributed by atoms with E-state index < -0.39 is 11.4 Å². The van der Waals surface area contributed by atoms with Gasteiger partial charge in [0.1, 0.15) is 28.5 Å². The molecule has 158 valence electrons. The number of H-pyrrole nitrogens is 1. The van der Waals surface area contributed by atoms with Gasteiger partial charge in [-0.15, -0.1) is 0 Å². The van der Waals surface area contributed by atoms with E-state index in [0.29, 0.717) is 29.9 Å². The number of morpholine rings is 1. The highest BCUT2D eigenvalue weighted by Gasteiger charge is 2.19. The number of methoxy groups -OCH3 is 1. The number of rotatable bonds is 4. The Morgan fingerprint density at radius 1 is 1.19 bits per heavy atom. The lowest BCUT2D eigenvalue weighted by atomic mass is 10.2. The molecule has 1 N–H and O–H groups in total. The second-order valence-corrected chi connectivity index (χ2v) is 7.02. The Balaban J connectivity index is 1.59. The minimum absolute atomic E-state index is 0.0511. The zero-order valence-corrected chi connectivity index (χ0v) is 16.7. The first-order valence-corrected chi connectivity index (χ1v) is 9.76. The maximum absolute atomic E-state index is 14.5. The number of aromatic amines is 1. The van der Waals surface area contributed by atoms with E-state index in [4.69, 9.17) is 9.47 Å².